The van der Waals surface area contributed by atoms with Crippen LogP contribution in [0.3, 0.4) is 0 Å². The normalized spacial score (nSPS) is 42.4. The minimum atomic E-state index is -0.653. The van der Waals surface area contributed by atoms with Crippen LogP contribution in [-0.4, -0.2) is 23.2 Å². The number of rotatable bonds is 1. The molecule has 3 nitrogen and oxygen atoms in total. The van der Waals surface area contributed by atoms with Gasteiger partial charge < -0.3 is 10.4 Å². The highest BCUT2D eigenvalue weighted by atomic mass is 16.4. The van der Waals surface area contributed by atoms with Gasteiger partial charge in [0.15, 0.2) is 0 Å². The van der Waals surface area contributed by atoms with E-state index in [1.54, 1.807) is 0 Å². The highest BCUT2D eigenvalue weighted by Crippen LogP contribution is 2.37. The van der Waals surface area contributed by atoms with Crippen molar-refractivity contribution in [2.45, 2.75) is 31.2 Å². The van der Waals surface area contributed by atoms with Gasteiger partial charge in [0.1, 0.15) is 5.54 Å². The van der Waals surface area contributed by atoms with E-state index >= 15 is 0 Å². The lowest BCUT2D eigenvalue weighted by Crippen LogP contribution is -2.47. The van der Waals surface area contributed by atoms with E-state index in [0.29, 0.717) is 5.92 Å². The van der Waals surface area contributed by atoms with Crippen LogP contribution in [0.25, 0.3) is 0 Å². The molecule has 0 amide bonds. The van der Waals surface area contributed by atoms with Gasteiger partial charge in [0.2, 0.25) is 0 Å². The number of nitrogens with one attached hydrogen (secondary N) is 1. The molecule has 62 valence electrons. The Labute approximate surface area is 65.8 Å². The Morgan fingerprint density at radius 3 is 3.09 bits per heavy atom. The van der Waals surface area contributed by atoms with E-state index in [0.717, 1.165) is 25.8 Å². The van der Waals surface area contributed by atoms with Crippen molar-refractivity contribution >= 4 is 5.97 Å². The third kappa shape index (κ3) is 0.948. The van der Waals surface area contributed by atoms with Gasteiger partial charge in [0.05, 0.1) is 0 Å². The SMILES string of the molecule is O=C(O)[C@]12CCC[C@@H](CN1)C2. The molecule has 2 atom stereocenters. The summed E-state index contributed by atoms with van der Waals surface area (Å²) in [7, 11) is 0. The molecule has 2 aliphatic rings. The van der Waals surface area contributed by atoms with E-state index in [-0.39, 0.29) is 0 Å². The lowest BCUT2D eigenvalue weighted by atomic mass is 9.80. The van der Waals surface area contributed by atoms with Gasteiger partial charge in [0, 0.05) is 0 Å². The summed E-state index contributed by atoms with van der Waals surface area (Å²) in [6, 6.07) is 0. The number of carboxylic acid groups (broad SMARTS) is 1. The molecule has 1 saturated heterocycles. The van der Waals surface area contributed by atoms with Gasteiger partial charge in [-0.05, 0) is 31.7 Å². The third-order valence-electron chi connectivity index (χ3n) is 2.99. The van der Waals surface area contributed by atoms with E-state index in [1.165, 1.54) is 6.42 Å². The first-order chi connectivity index (χ1) is 5.23. The van der Waals surface area contributed by atoms with Gasteiger partial charge in [-0.1, -0.05) is 6.42 Å². The molecule has 3 heteroatoms. The molecule has 2 rings (SSSR count). The van der Waals surface area contributed by atoms with Gasteiger partial charge >= 0.3 is 5.97 Å². The summed E-state index contributed by atoms with van der Waals surface area (Å²) in [6.45, 7) is 0.909. The van der Waals surface area contributed by atoms with Crippen molar-refractivity contribution in [2.24, 2.45) is 5.92 Å². The molecule has 0 aromatic rings. The van der Waals surface area contributed by atoms with Crippen LogP contribution < -0.4 is 5.32 Å². The largest absolute Gasteiger partial charge is 0.480 e. The molecule has 11 heavy (non-hydrogen) atoms. The minimum absolute atomic E-state index is 0.539. The number of carboxylic acids is 1. The molecule has 1 aliphatic heterocycles. The van der Waals surface area contributed by atoms with Gasteiger partial charge in [-0.2, -0.15) is 0 Å². The van der Waals surface area contributed by atoms with E-state index in [2.05, 4.69) is 5.32 Å². The molecule has 2 N–H and O–H groups in total. The predicted octanol–water partition coefficient (Wildman–Crippen LogP) is 0.603. The van der Waals surface area contributed by atoms with E-state index in [1.807, 2.05) is 0 Å². The molecule has 0 unspecified atom stereocenters. The fraction of sp³-hybridized carbons (Fsp3) is 0.875. The van der Waals surface area contributed by atoms with Gasteiger partial charge in [0.25, 0.3) is 0 Å². The maximum absolute atomic E-state index is 10.9. The van der Waals surface area contributed by atoms with Crippen molar-refractivity contribution in [3.63, 3.8) is 0 Å². The maximum Gasteiger partial charge on any atom is 0.323 e. The van der Waals surface area contributed by atoms with Crippen molar-refractivity contribution in [3.8, 4) is 0 Å². The van der Waals surface area contributed by atoms with Crippen LogP contribution in [0.2, 0.25) is 0 Å². The van der Waals surface area contributed by atoms with Gasteiger partial charge in [-0.25, -0.2) is 0 Å². The van der Waals surface area contributed by atoms with Crippen molar-refractivity contribution in [2.75, 3.05) is 6.54 Å². The van der Waals surface area contributed by atoms with Crippen LogP contribution in [-0.2, 0) is 4.79 Å². The average Bonchev–Trinajstić information content (AvgIpc) is 2.29. The fourth-order valence-corrected chi connectivity index (χ4v) is 2.33. The van der Waals surface area contributed by atoms with Crippen LogP contribution >= 0.6 is 0 Å². The summed E-state index contributed by atoms with van der Waals surface area (Å²) in [4.78, 5) is 10.9. The Balaban J connectivity index is 2.19. The number of fused-ring (bicyclic) bond motifs is 2. The first kappa shape index (κ1) is 7.10. The molecule has 2 fully saturated rings. The second-order valence-corrected chi connectivity index (χ2v) is 3.73. The monoisotopic (exact) mass is 155 g/mol. The molecule has 1 heterocycles. The van der Waals surface area contributed by atoms with Gasteiger partial charge in [-0.15, -0.1) is 0 Å². The van der Waals surface area contributed by atoms with Crippen LogP contribution in [0.5, 0.6) is 0 Å². The summed E-state index contributed by atoms with van der Waals surface area (Å²) in [5.74, 6) is -0.0282. The molecule has 0 aromatic carbocycles. The highest BCUT2D eigenvalue weighted by Gasteiger charge is 2.47. The summed E-state index contributed by atoms with van der Waals surface area (Å²) in [5, 5.41) is 12.1. The number of hydrogen-bond acceptors (Lipinski definition) is 2. The summed E-state index contributed by atoms with van der Waals surface area (Å²) in [6.07, 6.45) is 3.95. The number of hydrogen-bond donors (Lipinski definition) is 2. The first-order valence-corrected chi connectivity index (χ1v) is 4.21. The Morgan fingerprint density at radius 1 is 1.64 bits per heavy atom. The first-order valence-electron chi connectivity index (χ1n) is 4.21. The fourth-order valence-electron chi connectivity index (χ4n) is 2.33. The predicted molar refractivity (Wildman–Crippen MR) is 40.3 cm³/mol. The lowest BCUT2D eigenvalue weighted by Gasteiger charge is -2.27. The second kappa shape index (κ2) is 2.21. The smallest absolute Gasteiger partial charge is 0.323 e. The molecular formula is C8H13NO2. The summed E-state index contributed by atoms with van der Waals surface area (Å²) in [5.41, 5.74) is -0.539. The maximum atomic E-state index is 10.9. The van der Waals surface area contributed by atoms with Crippen molar-refractivity contribution in [1.29, 1.82) is 0 Å². The number of carbonyl (C=O) groups is 1. The molecule has 0 spiro atoms. The highest BCUT2D eigenvalue weighted by molar-refractivity contribution is 5.79. The molecule has 0 aromatic heterocycles. The quantitative estimate of drug-likeness (QED) is 0.583. The molecule has 1 saturated carbocycles. The topological polar surface area (TPSA) is 49.3 Å². The standard InChI is InChI=1S/C8H13NO2/c10-7(11)8-3-1-2-6(4-8)5-9-8/h6,9H,1-5H2,(H,10,11)/t6-,8-/m1/s1. The van der Waals surface area contributed by atoms with Gasteiger partial charge in [-0.3, -0.25) is 4.79 Å². The van der Waals surface area contributed by atoms with E-state index in [4.69, 9.17) is 5.11 Å². The zero-order valence-electron chi connectivity index (χ0n) is 6.47. The average molecular weight is 155 g/mol. The van der Waals surface area contributed by atoms with Crippen LogP contribution in [0.15, 0.2) is 0 Å². The zero-order valence-corrected chi connectivity index (χ0v) is 6.47. The van der Waals surface area contributed by atoms with Crippen LogP contribution in [0.4, 0.5) is 0 Å². The van der Waals surface area contributed by atoms with Crippen molar-refractivity contribution < 1.29 is 9.90 Å². The van der Waals surface area contributed by atoms with Crippen LogP contribution in [0, 0.1) is 5.92 Å². The molecule has 1 aliphatic carbocycles. The lowest BCUT2D eigenvalue weighted by molar-refractivity contribution is -0.145. The minimum Gasteiger partial charge on any atom is -0.480 e. The summed E-state index contributed by atoms with van der Waals surface area (Å²) >= 11 is 0. The molecule has 0 radical (unpaired) electrons. The Kier molecular flexibility index (Phi) is 1.42. The van der Waals surface area contributed by atoms with Crippen molar-refractivity contribution in [1.82, 2.24) is 5.32 Å². The Morgan fingerprint density at radius 2 is 2.45 bits per heavy atom. The van der Waals surface area contributed by atoms with Crippen molar-refractivity contribution in [3.05, 3.63) is 0 Å². The third-order valence-corrected chi connectivity index (χ3v) is 2.99. The van der Waals surface area contributed by atoms with Crippen LogP contribution in [0.1, 0.15) is 25.7 Å². The van der Waals surface area contributed by atoms with E-state index in [9.17, 15) is 4.79 Å². The number of aliphatic carboxylic acids is 1. The van der Waals surface area contributed by atoms with E-state index < -0.39 is 11.5 Å². The summed E-state index contributed by atoms with van der Waals surface area (Å²) < 4.78 is 0. The second-order valence-electron chi connectivity index (χ2n) is 3.73. The molecular weight excluding hydrogens is 142 g/mol. The Hall–Kier alpha value is -0.570. The molecule has 2 bridgehead atoms. The Bertz CT molecular complexity index is 189. The zero-order chi connectivity index (χ0) is 7.90.